The number of aliphatic hydroxyl groups excluding tert-OH is 1. The third-order valence-corrected chi connectivity index (χ3v) is 5.48. The topological polar surface area (TPSA) is 49.5 Å². The molecule has 1 aromatic heterocycles. The van der Waals surface area contributed by atoms with Gasteiger partial charge >= 0.3 is 0 Å². The fourth-order valence-corrected chi connectivity index (χ4v) is 4.05. The van der Waals surface area contributed by atoms with Gasteiger partial charge < -0.3 is 10.8 Å². The van der Waals surface area contributed by atoms with Crippen LogP contribution in [-0.4, -0.2) is 35.2 Å². The molecule has 114 valence electrons. The van der Waals surface area contributed by atoms with Gasteiger partial charge in [-0.2, -0.15) is 0 Å². The lowest BCUT2D eigenvalue weighted by Gasteiger charge is -2.44. The van der Waals surface area contributed by atoms with Gasteiger partial charge in [0.2, 0.25) is 0 Å². The van der Waals surface area contributed by atoms with Gasteiger partial charge in [-0.25, -0.2) is 0 Å². The molecule has 1 saturated carbocycles. The van der Waals surface area contributed by atoms with E-state index in [1.165, 1.54) is 29.0 Å². The predicted molar refractivity (Wildman–Crippen MR) is 86.1 cm³/mol. The average Bonchev–Trinajstić information content (AvgIpc) is 2.80. The van der Waals surface area contributed by atoms with Crippen LogP contribution in [0.5, 0.6) is 0 Å². The van der Waals surface area contributed by atoms with Crippen molar-refractivity contribution in [2.75, 3.05) is 13.2 Å². The van der Waals surface area contributed by atoms with E-state index >= 15 is 0 Å². The molecule has 0 spiro atoms. The van der Waals surface area contributed by atoms with E-state index in [2.05, 4.69) is 30.9 Å². The van der Waals surface area contributed by atoms with E-state index in [4.69, 9.17) is 5.73 Å². The molecule has 1 fully saturated rings. The van der Waals surface area contributed by atoms with Gasteiger partial charge in [0.15, 0.2) is 0 Å². The van der Waals surface area contributed by atoms with Gasteiger partial charge in [0.1, 0.15) is 0 Å². The second kappa shape index (κ2) is 7.55. The number of nitrogens with two attached hydrogens (primary N) is 1. The maximum Gasteiger partial charge on any atom is 0.0595 e. The minimum Gasteiger partial charge on any atom is -0.396 e. The van der Waals surface area contributed by atoms with Crippen LogP contribution in [0.15, 0.2) is 12.1 Å². The first-order valence-electron chi connectivity index (χ1n) is 7.85. The van der Waals surface area contributed by atoms with Crippen molar-refractivity contribution in [1.82, 2.24) is 4.90 Å². The molecule has 1 aromatic rings. The summed E-state index contributed by atoms with van der Waals surface area (Å²) in [6.45, 7) is 5.55. The van der Waals surface area contributed by atoms with Crippen molar-refractivity contribution in [2.24, 2.45) is 5.73 Å². The van der Waals surface area contributed by atoms with Crippen molar-refractivity contribution < 1.29 is 5.11 Å². The van der Waals surface area contributed by atoms with Crippen molar-refractivity contribution >= 4 is 11.3 Å². The highest BCUT2D eigenvalue weighted by Gasteiger charge is 2.34. The summed E-state index contributed by atoms with van der Waals surface area (Å²) >= 11 is 1.87. The quantitative estimate of drug-likeness (QED) is 0.775. The number of thiophene rings is 1. The van der Waals surface area contributed by atoms with Crippen LogP contribution in [0.25, 0.3) is 0 Å². The summed E-state index contributed by atoms with van der Waals surface area (Å²) in [6, 6.07) is 5.58. The molecule has 2 atom stereocenters. The van der Waals surface area contributed by atoms with Crippen molar-refractivity contribution in [3.8, 4) is 0 Å². The Morgan fingerprint density at radius 3 is 2.65 bits per heavy atom. The van der Waals surface area contributed by atoms with Gasteiger partial charge in [-0.3, -0.25) is 4.90 Å². The molecule has 1 aliphatic carbocycles. The number of rotatable bonds is 8. The van der Waals surface area contributed by atoms with E-state index in [0.29, 0.717) is 12.1 Å². The lowest BCUT2D eigenvalue weighted by Crippen LogP contribution is -2.49. The largest absolute Gasteiger partial charge is 0.396 e. The third-order valence-electron chi connectivity index (χ3n) is 4.41. The molecule has 1 aliphatic rings. The van der Waals surface area contributed by atoms with Crippen LogP contribution in [0.3, 0.4) is 0 Å². The van der Waals surface area contributed by atoms with Crippen LogP contribution in [0.1, 0.15) is 54.8 Å². The zero-order chi connectivity index (χ0) is 14.5. The predicted octanol–water partition coefficient (Wildman–Crippen LogP) is 3.07. The lowest BCUT2D eigenvalue weighted by atomic mass is 9.88. The van der Waals surface area contributed by atoms with Crippen LogP contribution >= 0.6 is 11.3 Å². The monoisotopic (exact) mass is 296 g/mol. The number of hydrogen-bond acceptors (Lipinski definition) is 4. The summed E-state index contributed by atoms with van der Waals surface area (Å²) < 4.78 is 0. The normalized spacial score (nSPS) is 19.1. The first kappa shape index (κ1) is 16.0. The van der Waals surface area contributed by atoms with Gasteiger partial charge in [0.05, 0.1) is 6.04 Å². The molecule has 0 aliphatic heterocycles. The second-order valence-corrected chi connectivity index (χ2v) is 7.18. The van der Waals surface area contributed by atoms with E-state index < -0.39 is 0 Å². The molecule has 4 heteroatoms. The first-order valence-corrected chi connectivity index (χ1v) is 8.67. The Morgan fingerprint density at radius 1 is 1.45 bits per heavy atom. The summed E-state index contributed by atoms with van der Waals surface area (Å²) in [5.41, 5.74) is 6.45. The molecule has 0 saturated heterocycles. The lowest BCUT2D eigenvalue weighted by molar-refractivity contribution is 0.0595. The van der Waals surface area contributed by atoms with E-state index in [9.17, 15) is 5.11 Å². The van der Waals surface area contributed by atoms with E-state index in [-0.39, 0.29) is 12.6 Å². The van der Waals surface area contributed by atoms with Crippen LogP contribution in [-0.2, 0) is 0 Å². The number of aliphatic hydroxyl groups is 1. The minimum absolute atomic E-state index is 0.173. The molecule has 0 aromatic carbocycles. The van der Waals surface area contributed by atoms with Crippen LogP contribution in [0.2, 0.25) is 0 Å². The van der Waals surface area contributed by atoms with Gasteiger partial charge in [0.25, 0.3) is 0 Å². The van der Waals surface area contributed by atoms with E-state index in [1.54, 1.807) is 0 Å². The molecule has 2 unspecified atom stereocenters. The highest BCUT2D eigenvalue weighted by atomic mass is 32.1. The molecule has 1 heterocycles. The Kier molecular flexibility index (Phi) is 6.02. The summed E-state index contributed by atoms with van der Waals surface area (Å²) in [5.74, 6) is 0. The van der Waals surface area contributed by atoms with Crippen LogP contribution < -0.4 is 5.73 Å². The standard InChI is InChI=1S/C16H28N2OS/c1-3-14(17)16(15-9-8-12(2)20-15)18(10-5-11-19)13-6-4-7-13/h8-9,13-14,16,19H,3-7,10-11,17H2,1-2H3. The fourth-order valence-electron chi connectivity index (χ4n) is 2.98. The minimum atomic E-state index is 0.173. The summed E-state index contributed by atoms with van der Waals surface area (Å²) in [6.07, 6.45) is 5.72. The molecule has 2 rings (SSSR count). The maximum absolute atomic E-state index is 9.18. The number of nitrogens with zero attached hydrogens (tertiary/aromatic N) is 1. The van der Waals surface area contributed by atoms with E-state index in [0.717, 1.165) is 19.4 Å². The van der Waals surface area contributed by atoms with E-state index in [1.807, 2.05) is 11.3 Å². The molecule has 0 amide bonds. The Labute approximate surface area is 126 Å². The van der Waals surface area contributed by atoms with Gasteiger partial charge in [-0.05, 0) is 44.7 Å². The molecule has 20 heavy (non-hydrogen) atoms. The van der Waals surface area contributed by atoms with Crippen LogP contribution in [0.4, 0.5) is 0 Å². The summed E-state index contributed by atoms with van der Waals surface area (Å²) in [7, 11) is 0. The first-order chi connectivity index (χ1) is 9.67. The molecule has 0 bridgehead atoms. The Hall–Kier alpha value is -0.420. The van der Waals surface area contributed by atoms with Gasteiger partial charge in [0, 0.05) is 35.0 Å². The molecule has 3 N–H and O–H groups in total. The average molecular weight is 296 g/mol. The zero-order valence-electron chi connectivity index (χ0n) is 12.7. The van der Waals surface area contributed by atoms with Crippen molar-refractivity contribution in [3.05, 3.63) is 21.9 Å². The Balaban J connectivity index is 2.21. The molecular weight excluding hydrogens is 268 g/mol. The Bertz CT molecular complexity index is 403. The third kappa shape index (κ3) is 3.61. The smallest absolute Gasteiger partial charge is 0.0595 e. The second-order valence-electron chi connectivity index (χ2n) is 5.87. The van der Waals surface area contributed by atoms with Crippen molar-refractivity contribution in [1.29, 1.82) is 0 Å². The highest BCUT2D eigenvalue weighted by Crippen LogP contribution is 2.37. The zero-order valence-corrected chi connectivity index (χ0v) is 13.5. The molecule has 0 radical (unpaired) electrons. The van der Waals surface area contributed by atoms with Gasteiger partial charge in [-0.15, -0.1) is 11.3 Å². The van der Waals surface area contributed by atoms with Crippen LogP contribution in [0, 0.1) is 6.92 Å². The van der Waals surface area contributed by atoms with Crippen molar-refractivity contribution in [3.63, 3.8) is 0 Å². The fraction of sp³-hybridized carbons (Fsp3) is 0.750. The number of hydrogen-bond donors (Lipinski definition) is 2. The van der Waals surface area contributed by atoms with Crippen molar-refractivity contribution in [2.45, 2.75) is 64.1 Å². The summed E-state index contributed by atoms with van der Waals surface area (Å²) in [4.78, 5) is 5.31. The maximum atomic E-state index is 9.18. The number of aryl methyl sites for hydroxylation is 1. The molecular formula is C16H28N2OS. The summed E-state index contributed by atoms with van der Waals surface area (Å²) in [5, 5.41) is 9.18. The van der Waals surface area contributed by atoms with Gasteiger partial charge in [-0.1, -0.05) is 13.3 Å². The SMILES string of the molecule is CCC(N)C(c1ccc(C)s1)N(CCCO)C1CCC1. The molecule has 3 nitrogen and oxygen atoms in total. The highest BCUT2D eigenvalue weighted by molar-refractivity contribution is 7.12. The Morgan fingerprint density at radius 2 is 2.20 bits per heavy atom.